The van der Waals surface area contributed by atoms with Crippen LogP contribution in [0.2, 0.25) is 0 Å². The number of benzene rings is 1. The molecular formula is C13H14N2O5. The fraction of sp³-hybridized carbons (Fsp3) is 0.308. The predicted octanol–water partition coefficient (Wildman–Crippen LogP) is 0.714. The summed E-state index contributed by atoms with van der Waals surface area (Å²) in [6.45, 7) is -0.379. The largest absolute Gasteiger partial charge is 0.482 e. The Balaban J connectivity index is 1.82. The van der Waals surface area contributed by atoms with Crippen molar-refractivity contribution in [1.29, 1.82) is 0 Å². The highest BCUT2D eigenvalue weighted by Gasteiger charge is 2.32. The van der Waals surface area contributed by atoms with E-state index in [1.807, 2.05) is 0 Å². The number of nitrogens with one attached hydrogen (secondary N) is 1. The van der Waals surface area contributed by atoms with Crippen molar-refractivity contribution in [3.05, 3.63) is 24.3 Å². The summed E-state index contributed by atoms with van der Waals surface area (Å²) in [6, 6.07) is 6.94. The molecule has 1 N–H and O–H groups in total. The normalized spacial score (nSPS) is 14.3. The Hall–Kier alpha value is -2.57. The first-order valence-electron chi connectivity index (χ1n) is 6.07. The summed E-state index contributed by atoms with van der Waals surface area (Å²) in [5.74, 6) is -1.34. The van der Waals surface area contributed by atoms with Gasteiger partial charge in [0, 0.05) is 25.6 Å². The van der Waals surface area contributed by atoms with E-state index in [9.17, 15) is 14.4 Å². The van der Waals surface area contributed by atoms with Gasteiger partial charge in [-0.15, -0.1) is 5.06 Å². The number of rotatable bonds is 5. The first-order chi connectivity index (χ1) is 9.60. The number of anilines is 1. The molecule has 7 nitrogen and oxygen atoms in total. The molecule has 0 atom stereocenters. The molecular weight excluding hydrogens is 264 g/mol. The lowest BCUT2D eigenvalue weighted by Gasteiger charge is -2.13. The number of hydrogen-bond acceptors (Lipinski definition) is 6. The summed E-state index contributed by atoms with van der Waals surface area (Å²) < 4.78 is 5.20. The van der Waals surface area contributed by atoms with E-state index in [0.717, 1.165) is 5.69 Å². The van der Waals surface area contributed by atoms with Crippen LogP contribution in [0.15, 0.2) is 24.3 Å². The molecule has 1 aliphatic rings. The number of amides is 2. The molecule has 0 bridgehead atoms. The molecule has 7 heteroatoms. The number of hydrogen-bond donors (Lipinski definition) is 1. The molecule has 1 saturated heterocycles. The van der Waals surface area contributed by atoms with Crippen LogP contribution in [-0.4, -0.2) is 36.5 Å². The van der Waals surface area contributed by atoms with Crippen molar-refractivity contribution in [3.63, 3.8) is 0 Å². The summed E-state index contributed by atoms with van der Waals surface area (Å²) in [7, 11) is 1.79. The van der Waals surface area contributed by atoms with Gasteiger partial charge in [0.15, 0.2) is 6.61 Å². The maximum Gasteiger partial charge on any atom is 0.370 e. The lowest BCUT2D eigenvalue weighted by molar-refractivity contribution is -0.198. The maximum atomic E-state index is 11.5. The van der Waals surface area contributed by atoms with E-state index in [0.29, 0.717) is 10.8 Å². The third kappa shape index (κ3) is 3.25. The zero-order chi connectivity index (χ0) is 14.5. The molecule has 0 radical (unpaired) electrons. The van der Waals surface area contributed by atoms with Crippen molar-refractivity contribution >= 4 is 23.5 Å². The third-order valence-electron chi connectivity index (χ3n) is 2.70. The molecule has 1 aromatic rings. The smallest absolute Gasteiger partial charge is 0.370 e. The Bertz CT molecular complexity index is 510. The minimum atomic E-state index is -0.800. The van der Waals surface area contributed by atoms with Gasteiger partial charge in [0.05, 0.1) is 0 Å². The lowest BCUT2D eigenvalue weighted by atomic mass is 10.3. The van der Waals surface area contributed by atoms with E-state index in [1.54, 1.807) is 31.3 Å². The molecule has 106 valence electrons. The van der Waals surface area contributed by atoms with Gasteiger partial charge in [-0.3, -0.25) is 9.59 Å². The summed E-state index contributed by atoms with van der Waals surface area (Å²) >= 11 is 0. The van der Waals surface area contributed by atoms with Crippen LogP contribution in [0.25, 0.3) is 0 Å². The fourth-order valence-electron chi connectivity index (χ4n) is 1.65. The van der Waals surface area contributed by atoms with Gasteiger partial charge in [-0.05, 0) is 24.3 Å². The second-order valence-corrected chi connectivity index (χ2v) is 4.11. The van der Waals surface area contributed by atoms with Crippen LogP contribution in [-0.2, 0) is 19.2 Å². The highest BCUT2D eigenvalue weighted by molar-refractivity contribution is 6.01. The Kier molecular flexibility index (Phi) is 4.19. The van der Waals surface area contributed by atoms with E-state index in [-0.39, 0.29) is 19.4 Å². The Labute approximate surface area is 115 Å². The molecule has 1 heterocycles. The summed E-state index contributed by atoms with van der Waals surface area (Å²) in [5.41, 5.74) is 0.910. The zero-order valence-corrected chi connectivity index (χ0v) is 10.9. The highest BCUT2D eigenvalue weighted by Crippen LogP contribution is 2.16. The van der Waals surface area contributed by atoms with Gasteiger partial charge in [0.2, 0.25) is 0 Å². The molecule has 2 rings (SSSR count). The van der Waals surface area contributed by atoms with E-state index >= 15 is 0 Å². The molecule has 20 heavy (non-hydrogen) atoms. The van der Waals surface area contributed by atoms with Gasteiger partial charge in [0.25, 0.3) is 11.8 Å². The molecule has 0 spiro atoms. The Morgan fingerprint density at radius 3 is 2.35 bits per heavy atom. The van der Waals surface area contributed by atoms with Crippen LogP contribution in [0.5, 0.6) is 5.75 Å². The molecule has 0 unspecified atom stereocenters. The lowest BCUT2D eigenvalue weighted by Crippen LogP contribution is -2.33. The van der Waals surface area contributed by atoms with Gasteiger partial charge in [-0.1, -0.05) is 0 Å². The second kappa shape index (κ2) is 6.05. The van der Waals surface area contributed by atoms with Crippen molar-refractivity contribution in [2.75, 3.05) is 19.0 Å². The predicted molar refractivity (Wildman–Crippen MR) is 68.7 cm³/mol. The van der Waals surface area contributed by atoms with E-state index in [4.69, 9.17) is 4.74 Å². The minimum absolute atomic E-state index is 0.0679. The number of carbonyl (C=O) groups excluding carboxylic acids is 3. The zero-order valence-electron chi connectivity index (χ0n) is 10.9. The number of ether oxygens (including phenoxy) is 1. The van der Waals surface area contributed by atoms with E-state index in [2.05, 4.69) is 10.2 Å². The third-order valence-corrected chi connectivity index (χ3v) is 2.70. The Morgan fingerprint density at radius 2 is 1.80 bits per heavy atom. The maximum absolute atomic E-state index is 11.5. The summed E-state index contributed by atoms with van der Waals surface area (Å²) in [5, 5.41) is 3.44. The SMILES string of the molecule is CNc1ccc(OCC(=O)ON2C(=O)CCC2=O)cc1. The van der Waals surface area contributed by atoms with Crippen molar-refractivity contribution in [2.24, 2.45) is 0 Å². The van der Waals surface area contributed by atoms with Crippen LogP contribution in [0.3, 0.4) is 0 Å². The van der Waals surface area contributed by atoms with Crippen LogP contribution in [0, 0.1) is 0 Å². The first kappa shape index (κ1) is 13.9. The van der Waals surface area contributed by atoms with Gasteiger partial charge in [-0.2, -0.15) is 0 Å². The molecule has 0 aliphatic carbocycles. The van der Waals surface area contributed by atoms with Crippen molar-refractivity contribution in [3.8, 4) is 5.75 Å². The molecule has 0 aromatic heterocycles. The summed E-state index contributed by atoms with van der Waals surface area (Å²) in [4.78, 5) is 38.6. The minimum Gasteiger partial charge on any atom is -0.482 e. The topological polar surface area (TPSA) is 84.9 Å². The van der Waals surface area contributed by atoms with E-state index in [1.165, 1.54) is 0 Å². The van der Waals surface area contributed by atoms with Crippen LogP contribution in [0.4, 0.5) is 5.69 Å². The molecule has 1 fully saturated rings. The van der Waals surface area contributed by atoms with Gasteiger partial charge >= 0.3 is 5.97 Å². The van der Waals surface area contributed by atoms with Crippen molar-refractivity contribution < 1.29 is 24.0 Å². The van der Waals surface area contributed by atoms with Gasteiger partial charge in [-0.25, -0.2) is 4.79 Å². The van der Waals surface area contributed by atoms with Crippen LogP contribution >= 0.6 is 0 Å². The monoisotopic (exact) mass is 278 g/mol. The molecule has 1 aromatic carbocycles. The first-order valence-corrected chi connectivity index (χ1v) is 6.07. The molecule has 2 amide bonds. The number of nitrogens with zero attached hydrogens (tertiary/aromatic N) is 1. The average molecular weight is 278 g/mol. The highest BCUT2D eigenvalue weighted by atomic mass is 16.7. The fourth-order valence-corrected chi connectivity index (χ4v) is 1.65. The van der Waals surface area contributed by atoms with Crippen LogP contribution in [0.1, 0.15) is 12.8 Å². The molecule has 1 aliphatic heterocycles. The Morgan fingerprint density at radius 1 is 1.20 bits per heavy atom. The van der Waals surface area contributed by atoms with E-state index < -0.39 is 17.8 Å². The van der Waals surface area contributed by atoms with Crippen molar-refractivity contribution in [1.82, 2.24) is 5.06 Å². The number of imide groups is 1. The standard InChI is InChI=1S/C13H14N2O5/c1-14-9-2-4-10(5-3-9)19-8-13(18)20-15-11(16)6-7-12(15)17/h2-5,14H,6-8H2,1H3. The number of hydroxylamine groups is 2. The summed E-state index contributed by atoms with van der Waals surface area (Å²) in [6.07, 6.45) is 0.136. The quantitative estimate of drug-likeness (QED) is 0.799. The van der Waals surface area contributed by atoms with Gasteiger partial charge < -0.3 is 14.9 Å². The second-order valence-electron chi connectivity index (χ2n) is 4.11. The van der Waals surface area contributed by atoms with Crippen LogP contribution < -0.4 is 10.1 Å². The molecule has 0 saturated carbocycles. The van der Waals surface area contributed by atoms with Gasteiger partial charge in [0.1, 0.15) is 5.75 Å². The average Bonchev–Trinajstić information content (AvgIpc) is 2.77. The number of carbonyl (C=O) groups is 3. The van der Waals surface area contributed by atoms with Crippen molar-refractivity contribution in [2.45, 2.75) is 12.8 Å².